The Hall–Kier alpha value is -2.19. The average molecular weight is 554 g/mol. The molecule has 2 rings (SSSR count). The average Bonchev–Trinajstić information content (AvgIpc) is 2.78. The van der Waals surface area contributed by atoms with Gasteiger partial charge in [-0.25, -0.2) is 0 Å². The maximum atomic E-state index is 10.2. The second-order valence-electron chi connectivity index (χ2n) is 11.9. The number of benzene rings is 2. The van der Waals surface area contributed by atoms with E-state index in [0.29, 0.717) is 18.8 Å². The number of rotatable bonds is 6. The normalized spacial score (nSPS) is 11.9. The van der Waals surface area contributed by atoms with Crippen LogP contribution in [0.15, 0.2) is 35.3 Å². The Morgan fingerprint density at radius 1 is 0.811 bits per heavy atom. The van der Waals surface area contributed by atoms with Gasteiger partial charge in [-0.05, 0) is 39.5 Å². The zero-order valence-corrected chi connectivity index (χ0v) is 25.3. The predicted molar refractivity (Wildman–Crippen MR) is 147 cm³/mol. The van der Waals surface area contributed by atoms with Crippen molar-refractivity contribution in [1.82, 2.24) is 5.32 Å². The first-order valence-electron chi connectivity index (χ1n) is 12.4. The summed E-state index contributed by atoms with van der Waals surface area (Å²) < 4.78 is 8.19. The Balaban J connectivity index is 0.000000665. The number of aliphatic hydroxyl groups excluding tert-OH is 1. The summed E-state index contributed by atoms with van der Waals surface area (Å²) in [6.45, 7) is 20.6. The first kappa shape index (κ1) is 34.8. The van der Waals surface area contributed by atoms with Crippen LogP contribution < -0.4 is 5.32 Å². The van der Waals surface area contributed by atoms with Crippen LogP contribution in [0, 0.1) is 0 Å². The molecule has 0 aliphatic carbocycles. The summed E-state index contributed by atoms with van der Waals surface area (Å²) in [5, 5.41) is 41.5. The molecule has 0 bridgehead atoms. The number of nitrogens with one attached hydrogen (secondary N) is 1. The fraction of sp³-hybridized carbons (Fsp3) is 0.552. The van der Waals surface area contributed by atoms with Gasteiger partial charge in [-0.2, -0.15) is 0 Å². The van der Waals surface area contributed by atoms with Crippen molar-refractivity contribution < 1.29 is 41.5 Å². The molecule has 7 nitrogen and oxygen atoms in total. The van der Waals surface area contributed by atoms with E-state index in [-0.39, 0.29) is 34.4 Å². The van der Waals surface area contributed by atoms with E-state index in [1.807, 2.05) is 45.0 Å². The molecule has 0 aromatic heterocycles. The Morgan fingerprint density at radius 3 is 1.86 bits per heavy atom. The minimum absolute atomic E-state index is 0.000463. The topological polar surface area (TPSA) is 122 Å². The van der Waals surface area contributed by atoms with E-state index in [1.165, 1.54) is 0 Å². The van der Waals surface area contributed by atoms with Crippen molar-refractivity contribution in [2.45, 2.75) is 78.6 Å². The van der Waals surface area contributed by atoms with Crippen LogP contribution in [0.1, 0.15) is 84.6 Å². The second-order valence-corrected chi connectivity index (χ2v) is 11.9. The molecule has 0 unspecified atom stereocenters. The number of hydrogen-bond acceptors (Lipinski definition) is 7. The molecule has 2 aromatic rings. The SMILES string of the molecule is CC(C)(C)c1cc(O)c(O)c(C(C)(C)C)c1.CC(C)(C)c1cccc(C=NCCNCCO)c1O.[O]=[V]. The number of aliphatic hydroxyl groups is 1. The Labute approximate surface area is 232 Å². The summed E-state index contributed by atoms with van der Waals surface area (Å²) in [6, 6.07) is 9.36. The van der Waals surface area contributed by atoms with Crippen LogP contribution in [0.2, 0.25) is 0 Å². The van der Waals surface area contributed by atoms with Crippen LogP contribution in [0.5, 0.6) is 17.2 Å². The van der Waals surface area contributed by atoms with Gasteiger partial charge in [0, 0.05) is 30.4 Å². The van der Waals surface area contributed by atoms with Crippen LogP contribution in [0.3, 0.4) is 0 Å². The zero-order chi connectivity index (χ0) is 29.0. The summed E-state index contributed by atoms with van der Waals surface area (Å²) in [4.78, 5) is 4.27. The van der Waals surface area contributed by atoms with Crippen molar-refractivity contribution in [2.24, 2.45) is 4.99 Å². The van der Waals surface area contributed by atoms with Crippen molar-refractivity contribution in [2.75, 3.05) is 26.2 Å². The molecule has 0 aliphatic rings. The van der Waals surface area contributed by atoms with Crippen LogP contribution in [0.25, 0.3) is 0 Å². The number of hydrogen-bond donors (Lipinski definition) is 5. The van der Waals surface area contributed by atoms with Gasteiger partial charge in [-0.15, -0.1) is 0 Å². The molecule has 0 spiro atoms. The molecule has 0 saturated heterocycles. The summed E-state index contributed by atoms with van der Waals surface area (Å²) in [6.07, 6.45) is 1.70. The van der Waals surface area contributed by atoms with Gasteiger partial charge in [0.15, 0.2) is 11.5 Å². The number of para-hydroxylation sites is 1. The summed E-state index contributed by atoms with van der Waals surface area (Å²) in [5.74, 6) is 0.278. The Bertz CT molecular complexity index is 1000. The van der Waals surface area contributed by atoms with E-state index in [9.17, 15) is 15.3 Å². The summed E-state index contributed by atoms with van der Waals surface area (Å²) in [5.41, 5.74) is 3.19. The van der Waals surface area contributed by atoms with Gasteiger partial charge in [0.05, 0.1) is 13.2 Å². The fourth-order valence-electron chi connectivity index (χ4n) is 3.41. The third kappa shape index (κ3) is 11.8. The quantitative estimate of drug-likeness (QED) is 0.189. The molecule has 0 aliphatic heterocycles. The molecule has 0 fully saturated rings. The third-order valence-electron chi connectivity index (χ3n) is 5.58. The number of nitrogens with zero attached hydrogens (tertiary/aromatic N) is 1. The van der Waals surface area contributed by atoms with E-state index in [4.69, 9.17) is 8.78 Å². The van der Waals surface area contributed by atoms with E-state index < -0.39 is 0 Å². The molecule has 5 N–H and O–H groups in total. The van der Waals surface area contributed by atoms with Crippen molar-refractivity contribution >= 4 is 6.21 Å². The first-order chi connectivity index (χ1) is 17.0. The monoisotopic (exact) mass is 553 g/mol. The van der Waals surface area contributed by atoms with Crippen molar-refractivity contribution in [1.29, 1.82) is 0 Å². The van der Waals surface area contributed by atoms with Gasteiger partial charge >= 0.3 is 21.0 Å². The number of phenolic OH excluding ortho intramolecular Hbond substituents is 3. The molecule has 207 valence electrons. The van der Waals surface area contributed by atoms with Gasteiger partial charge in [0.1, 0.15) is 5.75 Å². The maximum absolute atomic E-state index is 10.2. The number of aromatic hydroxyl groups is 3. The molecule has 0 atom stereocenters. The van der Waals surface area contributed by atoms with Gasteiger partial charge in [0.2, 0.25) is 0 Å². The molecular formula is C29H46N2O5V. The van der Waals surface area contributed by atoms with E-state index >= 15 is 0 Å². The number of aliphatic imine (C=N–C) groups is 1. The molecule has 0 saturated carbocycles. The summed E-state index contributed by atoms with van der Waals surface area (Å²) in [7, 11) is 0. The molecule has 0 heterocycles. The van der Waals surface area contributed by atoms with Crippen molar-refractivity contribution in [3.63, 3.8) is 0 Å². The Morgan fingerprint density at radius 2 is 1.38 bits per heavy atom. The fourth-order valence-corrected chi connectivity index (χ4v) is 3.41. The Kier molecular flexibility index (Phi) is 14.4. The zero-order valence-electron chi connectivity index (χ0n) is 23.9. The molecule has 37 heavy (non-hydrogen) atoms. The van der Waals surface area contributed by atoms with Gasteiger partial charge in [-0.3, -0.25) is 4.99 Å². The van der Waals surface area contributed by atoms with Gasteiger partial charge < -0.3 is 25.7 Å². The molecular weight excluding hydrogens is 507 g/mol. The van der Waals surface area contributed by atoms with Crippen LogP contribution in [0.4, 0.5) is 0 Å². The van der Waals surface area contributed by atoms with Gasteiger partial charge in [0.25, 0.3) is 0 Å². The van der Waals surface area contributed by atoms with E-state index in [2.05, 4.69) is 51.9 Å². The standard InChI is InChI=1S/C15H24N2O2.C14H22O2.O.V/c1-15(2,3)13-6-4-5-12(14(13)19)11-17-8-7-16-9-10-18;1-13(2,3)9-7-10(14(4,5)6)12(16)11(15)8-9;;/h4-6,11,16,18-19H,7-10H2,1-3H3;7-8,15-16H,1-6H3;;. The third-order valence-corrected chi connectivity index (χ3v) is 5.58. The van der Waals surface area contributed by atoms with Crippen molar-refractivity contribution in [3.8, 4) is 17.2 Å². The van der Waals surface area contributed by atoms with Crippen LogP contribution in [-0.2, 0) is 37.3 Å². The van der Waals surface area contributed by atoms with Crippen molar-refractivity contribution in [3.05, 3.63) is 52.6 Å². The van der Waals surface area contributed by atoms with Crippen LogP contribution in [-0.4, -0.2) is 52.9 Å². The predicted octanol–water partition coefficient (Wildman–Crippen LogP) is 5.26. The second kappa shape index (κ2) is 15.3. The van der Waals surface area contributed by atoms with E-state index in [1.54, 1.807) is 12.3 Å². The number of phenols is 3. The molecule has 8 heteroatoms. The van der Waals surface area contributed by atoms with Gasteiger partial charge in [-0.1, -0.05) is 80.5 Å². The van der Waals surface area contributed by atoms with E-state index in [0.717, 1.165) is 46.2 Å². The van der Waals surface area contributed by atoms with Crippen LogP contribution >= 0.6 is 0 Å². The summed E-state index contributed by atoms with van der Waals surface area (Å²) >= 11 is 1.06. The first-order valence-corrected chi connectivity index (χ1v) is 13.0. The molecule has 0 amide bonds. The molecule has 2 aromatic carbocycles. The minimum atomic E-state index is -0.178. The molecule has 0 radical (unpaired) electrons.